The Bertz CT molecular complexity index is 8.00. The Morgan fingerprint density at radius 1 is 1.25 bits per heavy atom. The van der Waals surface area contributed by atoms with Crippen LogP contribution in [0.4, 0.5) is 0 Å². The van der Waals surface area contributed by atoms with Crippen LogP contribution in [0.25, 0.3) is 0 Å². The molecule has 0 spiro atoms. The normalized spacial score (nSPS) is 1.50. The maximum absolute atomic E-state index is 3.89. The number of hydrogen-bond donors (Lipinski definition) is 0. The van der Waals surface area contributed by atoms with E-state index in [1.165, 1.54) is 0 Å². The Hall–Kier alpha value is 2.45. The van der Waals surface area contributed by atoms with Crippen LogP contribution in [0.3, 0.4) is 0 Å². The van der Waals surface area contributed by atoms with E-state index in [2.05, 4.69) is 28.8 Å². The summed E-state index contributed by atoms with van der Waals surface area (Å²) < 4.78 is 0. The fourth-order valence-corrected chi connectivity index (χ4v) is 0. The van der Waals surface area contributed by atoms with E-state index in [0.29, 0.717) is 0 Å². The fraction of sp³-hybridized carbons (Fsp3) is 0. The van der Waals surface area contributed by atoms with Crippen LogP contribution in [-0.4, -0.2) is 25.8 Å². The zero-order chi connectivity index (χ0) is 2.00. The third-order valence-electron chi connectivity index (χ3n) is 0. The van der Waals surface area contributed by atoms with E-state index in [4.69, 9.17) is 0 Å². The van der Waals surface area contributed by atoms with Crippen molar-refractivity contribution in [1.82, 2.24) is 0 Å². The molecule has 0 unspecified atom stereocenters. The van der Waals surface area contributed by atoms with Crippen molar-refractivity contribution in [2.75, 3.05) is 0 Å². The van der Waals surface area contributed by atoms with Crippen LogP contribution >= 0.6 is 9.58 Å². The van der Waals surface area contributed by atoms with Crippen LogP contribution in [0, 0.1) is 0 Å². The molecule has 0 aliphatic rings. The molecule has 0 aromatic heterocycles. The molecular weight excluding hydrogens is 320 g/mol. The zero-order valence-electron chi connectivity index (χ0n) is 1.42. The maximum atomic E-state index is 3.89. The monoisotopic (exact) mass is 321 g/mol. The Labute approximate surface area is 72.9 Å². The summed E-state index contributed by atoms with van der Waals surface area (Å²) >= 11 is 2.53. The van der Waals surface area contributed by atoms with Gasteiger partial charge in [0.25, 0.3) is 0 Å². The Balaban J connectivity index is -0.00000000500. The van der Waals surface area contributed by atoms with E-state index in [1.807, 2.05) is 0 Å². The summed E-state index contributed by atoms with van der Waals surface area (Å²) in [5.41, 5.74) is 0. The summed E-state index contributed by atoms with van der Waals surface area (Å²) in [5.74, 6) is 0. The number of rotatable bonds is 0. The molecule has 0 saturated heterocycles. The van der Waals surface area contributed by atoms with Crippen molar-refractivity contribution >= 4 is 35.4 Å². The third kappa shape index (κ3) is 8.82. The SMILES string of the molecule is [InH3].[S]=[Ag].[Zn]. The largest absolute Gasteiger partial charge is 0 e. The van der Waals surface area contributed by atoms with Crippen molar-refractivity contribution in [3.05, 3.63) is 0 Å². The molecule has 4 heavy (non-hydrogen) atoms. The smallest absolute Gasteiger partial charge is 0 e. The quantitative estimate of drug-likeness (QED) is 0.540. The third-order valence-corrected chi connectivity index (χ3v) is 0. The molecule has 0 atom stereocenters. The summed E-state index contributed by atoms with van der Waals surface area (Å²) in [4.78, 5) is 0. The van der Waals surface area contributed by atoms with Crippen LogP contribution in [-0.2, 0) is 38.7 Å². The average Bonchev–Trinajstić information content (AvgIpc) is 1.00. The average molecular weight is 323 g/mol. The van der Waals surface area contributed by atoms with Gasteiger partial charge in [-0.15, -0.1) is 0 Å². The van der Waals surface area contributed by atoms with Crippen molar-refractivity contribution in [3.8, 4) is 0 Å². The van der Waals surface area contributed by atoms with Crippen molar-refractivity contribution in [3.63, 3.8) is 0 Å². The predicted molar refractivity (Wildman–Crippen MR) is 17.5 cm³/mol. The van der Waals surface area contributed by atoms with Gasteiger partial charge in [0.05, 0.1) is 0 Å². The zero-order valence-corrected chi connectivity index (χ0v) is 6.68. The number of hydrogen-bond acceptors (Lipinski definition) is 1. The summed E-state index contributed by atoms with van der Waals surface area (Å²) in [7, 11) is 3.89. The van der Waals surface area contributed by atoms with E-state index in [9.17, 15) is 0 Å². The van der Waals surface area contributed by atoms with Crippen LogP contribution < -0.4 is 0 Å². The molecule has 0 nitrogen and oxygen atoms in total. The minimum atomic E-state index is 0. The molecule has 0 heterocycles. The topological polar surface area (TPSA) is 0 Å². The molecule has 0 aromatic rings. The van der Waals surface area contributed by atoms with E-state index in [1.54, 1.807) is 0 Å². The van der Waals surface area contributed by atoms with Gasteiger partial charge >= 0.3 is 54.6 Å². The van der Waals surface area contributed by atoms with Crippen molar-refractivity contribution < 1.29 is 38.7 Å². The summed E-state index contributed by atoms with van der Waals surface area (Å²) in [5, 5.41) is 0. The molecule has 0 saturated carbocycles. The summed E-state index contributed by atoms with van der Waals surface area (Å²) in [6, 6.07) is 0. The van der Waals surface area contributed by atoms with Gasteiger partial charge in [0.2, 0.25) is 0 Å². The second-order valence-electron chi connectivity index (χ2n) is 0. The van der Waals surface area contributed by atoms with Crippen molar-refractivity contribution in [2.24, 2.45) is 0 Å². The van der Waals surface area contributed by atoms with Crippen LogP contribution in [0.15, 0.2) is 0 Å². The van der Waals surface area contributed by atoms with E-state index < -0.39 is 0 Å². The standard InChI is InChI=1S/Ag.In.S.Zn.3H. The van der Waals surface area contributed by atoms with Gasteiger partial charge in [0, 0.05) is 19.5 Å². The molecule has 0 aromatic carbocycles. The van der Waals surface area contributed by atoms with Crippen LogP contribution in [0.1, 0.15) is 0 Å². The van der Waals surface area contributed by atoms with Crippen LogP contribution in [0.2, 0.25) is 0 Å². The van der Waals surface area contributed by atoms with Gasteiger partial charge in [-0.1, -0.05) is 0 Å². The molecule has 0 N–H and O–H groups in total. The van der Waals surface area contributed by atoms with E-state index in [-0.39, 0.29) is 45.3 Å². The maximum Gasteiger partial charge on any atom is 0 e. The van der Waals surface area contributed by atoms with Crippen molar-refractivity contribution in [2.45, 2.75) is 0 Å². The van der Waals surface area contributed by atoms with Gasteiger partial charge in [0.15, 0.2) is 0 Å². The van der Waals surface area contributed by atoms with Gasteiger partial charge in [-0.2, -0.15) is 0 Å². The van der Waals surface area contributed by atoms with Crippen LogP contribution in [0.5, 0.6) is 0 Å². The van der Waals surface area contributed by atoms with Crippen molar-refractivity contribution in [1.29, 1.82) is 0 Å². The molecule has 4 heteroatoms. The predicted octanol–water partition coefficient (Wildman–Crippen LogP) is -0.541. The first-order valence-electron chi connectivity index (χ1n) is 0.123. The first kappa shape index (κ1) is 16.1. The fourth-order valence-electron chi connectivity index (χ4n) is 0. The Morgan fingerprint density at radius 2 is 1.25 bits per heavy atom. The first-order valence-corrected chi connectivity index (χ1v) is 2.18. The molecule has 0 fully saturated rings. The van der Waals surface area contributed by atoms with Gasteiger partial charge in [0.1, 0.15) is 0 Å². The second kappa shape index (κ2) is 18.0. The van der Waals surface area contributed by atoms with Gasteiger partial charge in [-0.05, 0) is 0 Å². The molecule has 0 amide bonds. The molecule has 0 rings (SSSR count). The summed E-state index contributed by atoms with van der Waals surface area (Å²) in [6.45, 7) is 0. The molecule has 0 aliphatic heterocycles. The van der Waals surface area contributed by atoms with Gasteiger partial charge in [-0.25, -0.2) is 0 Å². The minimum Gasteiger partial charge on any atom is 0 e. The molecule has 0 bridgehead atoms. The second-order valence-corrected chi connectivity index (χ2v) is 0. The molecular formula is H3AgInSZn. The van der Waals surface area contributed by atoms with E-state index in [0.717, 1.165) is 0 Å². The molecule has 0 aliphatic carbocycles. The van der Waals surface area contributed by atoms with Gasteiger partial charge < -0.3 is 0 Å². The van der Waals surface area contributed by atoms with Gasteiger partial charge in [-0.3, -0.25) is 0 Å². The molecule has 25 valence electrons. The minimum absolute atomic E-state index is 0. The first-order chi connectivity index (χ1) is 1.00. The molecule has 0 radical (unpaired) electrons. The Kier molecular flexibility index (Phi) is 72.3. The Morgan fingerprint density at radius 3 is 1.25 bits per heavy atom. The van der Waals surface area contributed by atoms with E-state index >= 15 is 0 Å². The summed E-state index contributed by atoms with van der Waals surface area (Å²) in [6.07, 6.45) is 0.